The Bertz CT molecular complexity index is 1770. The molecule has 0 heterocycles. The number of benzene rings is 4. The van der Waals surface area contributed by atoms with E-state index < -0.39 is 21.5 Å². The number of hydrogen-bond donors (Lipinski definition) is 0. The van der Waals surface area contributed by atoms with Gasteiger partial charge in [-0.05, 0) is 0 Å². The summed E-state index contributed by atoms with van der Waals surface area (Å²) < 4.78 is 0.201. The molecule has 0 N–H and O–H groups in total. The van der Waals surface area contributed by atoms with Crippen LogP contribution in [0.3, 0.4) is 0 Å². The average Bonchev–Trinajstić information content (AvgIpc) is 3.60. The maximum atomic E-state index is 8.55. The van der Waals surface area contributed by atoms with Crippen molar-refractivity contribution in [3.63, 3.8) is 0 Å². The second kappa shape index (κ2) is 12.8. The van der Waals surface area contributed by atoms with Gasteiger partial charge in [-0.1, -0.05) is 0 Å². The molecule has 0 bridgehead atoms. The Kier molecular flexibility index (Phi) is 9.45. The second-order valence-corrected chi connectivity index (χ2v) is 56.4. The first-order valence-corrected chi connectivity index (χ1v) is 33.7. The Morgan fingerprint density at radius 2 is 0.913 bits per heavy atom. The fourth-order valence-corrected chi connectivity index (χ4v) is 42.1. The van der Waals surface area contributed by atoms with E-state index in [2.05, 4.69) is 140 Å². The van der Waals surface area contributed by atoms with Crippen LogP contribution < -0.4 is 0 Å². The van der Waals surface area contributed by atoms with Crippen LogP contribution >= 0.6 is 17.0 Å². The molecule has 4 aromatic carbocycles. The Morgan fingerprint density at radius 1 is 0.543 bits per heavy atom. The van der Waals surface area contributed by atoms with Crippen molar-refractivity contribution < 1.29 is 15.6 Å². The fraction of sp³-hybridized carbons (Fsp3) is 0.333. The van der Waals surface area contributed by atoms with Crippen molar-refractivity contribution in [3.8, 4) is 22.3 Å². The molecule has 0 aromatic heterocycles. The van der Waals surface area contributed by atoms with Crippen molar-refractivity contribution in [1.29, 1.82) is 0 Å². The molecular weight excluding hydrogens is 695 g/mol. The maximum absolute atomic E-state index is 8.55. The fourth-order valence-electron chi connectivity index (χ4n) is 9.14. The molecule has 2 atom stereocenters. The first-order chi connectivity index (χ1) is 22.0. The summed E-state index contributed by atoms with van der Waals surface area (Å²) in [5.41, 5.74) is 19.3. The molecular formula is C42H49Cl2SiZr. The minimum absolute atomic E-state index is 0.100. The van der Waals surface area contributed by atoms with Gasteiger partial charge >= 0.3 is 289 Å². The average molecular weight is 744 g/mol. The van der Waals surface area contributed by atoms with E-state index in [1.165, 1.54) is 77.9 Å². The third-order valence-corrected chi connectivity index (χ3v) is 63.6. The number of rotatable bonds is 9. The van der Waals surface area contributed by atoms with E-state index in [1.807, 2.05) is 0 Å². The molecule has 46 heavy (non-hydrogen) atoms. The molecule has 0 nitrogen and oxygen atoms in total. The van der Waals surface area contributed by atoms with Crippen molar-refractivity contribution >= 4 is 35.1 Å². The van der Waals surface area contributed by atoms with Gasteiger partial charge in [0.15, 0.2) is 0 Å². The second-order valence-electron chi connectivity index (χ2n) is 13.9. The number of fused-ring (bicyclic) bond motifs is 2. The van der Waals surface area contributed by atoms with Crippen LogP contribution in [-0.4, -0.2) is 5.92 Å². The number of aryl methyl sites for hydroxylation is 2. The zero-order chi connectivity index (χ0) is 33.0. The molecule has 0 aliphatic heterocycles. The Labute approximate surface area is 286 Å². The Morgan fingerprint density at radius 3 is 1.26 bits per heavy atom. The van der Waals surface area contributed by atoms with E-state index in [9.17, 15) is 0 Å². The minimum atomic E-state index is -4.75. The SMILES string of the molecule is CCc1cccc(-c2cccc3c2C=C(C)[CH]3[Zr]([Cl])([Cl])([CH]2C(C)=Cc3c(-c4cccc(CC)c4CC)cccc32)[SiH](C)C)c1CC. The topological polar surface area (TPSA) is 0 Å². The predicted molar refractivity (Wildman–Crippen MR) is 205 cm³/mol. The molecule has 6 rings (SSSR count). The van der Waals surface area contributed by atoms with E-state index in [1.54, 1.807) is 0 Å². The van der Waals surface area contributed by atoms with Gasteiger partial charge in [-0.2, -0.15) is 0 Å². The van der Waals surface area contributed by atoms with Gasteiger partial charge in [0.1, 0.15) is 0 Å². The summed E-state index contributed by atoms with van der Waals surface area (Å²) in [6, 6.07) is 27.5. The molecule has 0 fully saturated rings. The van der Waals surface area contributed by atoms with Crippen molar-refractivity contribution in [2.75, 3.05) is 0 Å². The zero-order valence-electron chi connectivity index (χ0n) is 28.9. The molecule has 2 unspecified atom stereocenters. The number of allylic oxidation sites excluding steroid dienone is 2. The quantitative estimate of drug-likeness (QED) is 0.150. The molecule has 4 heteroatoms. The summed E-state index contributed by atoms with van der Waals surface area (Å²) in [5.74, 6) is -1.59. The molecule has 0 saturated heterocycles. The van der Waals surface area contributed by atoms with Crippen LogP contribution in [0.15, 0.2) is 83.9 Å². The van der Waals surface area contributed by atoms with Crippen LogP contribution in [0.2, 0.25) is 13.1 Å². The summed E-state index contributed by atoms with van der Waals surface area (Å²) in [7, 11) is 17.1. The van der Waals surface area contributed by atoms with Gasteiger partial charge in [-0.15, -0.1) is 0 Å². The summed E-state index contributed by atoms with van der Waals surface area (Å²) >= 11 is -4.75. The predicted octanol–water partition coefficient (Wildman–Crippen LogP) is 12.9. The van der Waals surface area contributed by atoms with Gasteiger partial charge in [0, 0.05) is 0 Å². The monoisotopic (exact) mass is 741 g/mol. The van der Waals surface area contributed by atoms with Crippen molar-refractivity contribution in [2.24, 2.45) is 0 Å². The van der Waals surface area contributed by atoms with Crippen LogP contribution in [-0.2, 0) is 41.2 Å². The third-order valence-electron chi connectivity index (χ3n) is 11.4. The van der Waals surface area contributed by atoms with Crippen LogP contribution in [0.5, 0.6) is 0 Å². The third kappa shape index (κ3) is 5.08. The zero-order valence-corrected chi connectivity index (χ0v) is 34.0. The number of hydrogen-bond acceptors (Lipinski definition) is 0. The van der Waals surface area contributed by atoms with Crippen LogP contribution in [0.25, 0.3) is 34.4 Å². The van der Waals surface area contributed by atoms with E-state index >= 15 is 0 Å². The van der Waals surface area contributed by atoms with E-state index in [0.717, 1.165) is 25.7 Å². The standard InChI is InChI=1S/2C20H21.C2H7Si.2ClH.Zr/c2*1-4-15-8-6-10-18(17(15)5-2)19-11-7-9-16-12-14(3)13-20(16)19;1-3-2;;;/h2*6-13H,4-5H2,1-3H3;3H,1-2H3;2*1H;/q;;;;;+2/p-2. The summed E-state index contributed by atoms with van der Waals surface area (Å²) in [6.07, 6.45) is 9.02. The van der Waals surface area contributed by atoms with Crippen LogP contribution in [0.1, 0.15) is 93.3 Å². The molecule has 0 radical (unpaired) electrons. The van der Waals surface area contributed by atoms with Crippen molar-refractivity contribution in [2.45, 2.75) is 87.6 Å². The molecule has 2 aliphatic rings. The van der Waals surface area contributed by atoms with E-state index in [0.29, 0.717) is 0 Å². The normalized spacial score (nSPS) is 18.2. The van der Waals surface area contributed by atoms with Gasteiger partial charge in [0.25, 0.3) is 0 Å². The molecule has 2 aliphatic carbocycles. The van der Waals surface area contributed by atoms with E-state index in [4.69, 9.17) is 17.0 Å². The first-order valence-electron chi connectivity index (χ1n) is 17.4. The summed E-state index contributed by atoms with van der Waals surface area (Å²) in [5, 5.41) is 0. The van der Waals surface area contributed by atoms with Crippen LogP contribution in [0, 0.1) is 0 Å². The summed E-state index contributed by atoms with van der Waals surface area (Å²) in [4.78, 5) is 0. The van der Waals surface area contributed by atoms with Gasteiger partial charge in [0.05, 0.1) is 0 Å². The Hall–Kier alpha value is -1.96. The van der Waals surface area contributed by atoms with Gasteiger partial charge in [-0.25, -0.2) is 0 Å². The first kappa shape index (κ1) is 33.9. The van der Waals surface area contributed by atoms with Gasteiger partial charge < -0.3 is 0 Å². The molecule has 4 aromatic rings. The van der Waals surface area contributed by atoms with Crippen molar-refractivity contribution in [3.05, 3.63) is 128 Å². The Balaban J connectivity index is 1.55. The molecule has 0 saturated carbocycles. The molecule has 0 amide bonds. The van der Waals surface area contributed by atoms with Crippen molar-refractivity contribution in [1.82, 2.24) is 0 Å². The molecule has 239 valence electrons. The molecule has 0 spiro atoms. The van der Waals surface area contributed by atoms with E-state index in [-0.39, 0.29) is 7.25 Å². The van der Waals surface area contributed by atoms with Gasteiger partial charge in [-0.3, -0.25) is 0 Å². The number of halogens is 2. The van der Waals surface area contributed by atoms with Gasteiger partial charge in [0.2, 0.25) is 0 Å². The summed E-state index contributed by atoms with van der Waals surface area (Å²) in [6.45, 7) is 18.6. The van der Waals surface area contributed by atoms with Crippen LogP contribution in [0.4, 0.5) is 0 Å².